The molecule has 0 atom stereocenters. The lowest BCUT2D eigenvalue weighted by Gasteiger charge is -2.26. The first-order valence-corrected chi connectivity index (χ1v) is 11.1. The number of ketones is 1. The number of methoxy groups -OCH3 is 1. The van der Waals surface area contributed by atoms with Crippen LogP contribution in [0.1, 0.15) is 48.0 Å². The fraction of sp³-hybridized carbons (Fsp3) is 0.400. The summed E-state index contributed by atoms with van der Waals surface area (Å²) in [4.78, 5) is 15.3. The molecule has 1 aliphatic rings. The van der Waals surface area contributed by atoms with Crippen LogP contribution in [0.25, 0.3) is 6.08 Å². The molecule has 1 saturated heterocycles. The SMILES string of the molecule is COc1ccc(C(=O)C=Cc2ccccc2Cl)c(OCCCCN2CCCCC2)c1. The van der Waals surface area contributed by atoms with Gasteiger partial charge in [-0.25, -0.2) is 0 Å². The Morgan fingerprint density at radius 2 is 1.90 bits per heavy atom. The second-order valence-electron chi connectivity index (χ2n) is 7.54. The minimum atomic E-state index is -0.124. The monoisotopic (exact) mass is 427 g/mol. The molecule has 2 aromatic rings. The van der Waals surface area contributed by atoms with Gasteiger partial charge in [-0.3, -0.25) is 4.79 Å². The van der Waals surface area contributed by atoms with Gasteiger partial charge in [-0.1, -0.05) is 36.2 Å². The van der Waals surface area contributed by atoms with Gasteiger partial charge in [-0.15, -0.1) is 0 Å². The molecule has 0 saturated carbocycles. The highest BCUT2D eigenvalue weighted by molar-refractivity contribution is 6.32. The summed E-state index contributed by atoms with van der Waals surface area (Å²) in [7, 11) is 1.61. The highest BCUT2D eigenvalue weighted by atomic mass is 35.5. The van der Waals surface area contributed by atoms with Crippen molar-refractivity contribution in [1.82, 2.24) is 4.90 Å². The number of halogens is 1. The maximum Gasteiger partial charge on any atom is 0.189 e. The third-order valence-corrected chi connectivity index (χ3v) is 5.69. The van der Waals surface area contributed by atoms with Crippen molar-refractivity contribution in [2.45, 2.75) is 32.1 Å². The Morgan fingerprint density at radius 3 is 2.67 bits per heavy atom. The highest BCUT2D eigenvalue weighted by Gasteiger charge is 2.13. The number of hydrogen-bond donors (Lipinski definition) is 0. The van der Waals surface area contributed by atoms with Crippen LogP contribution >= 0.6 is 11.6 Å². The van der Waals surface area contributed by atoms with Gasteiger partial charge in [0.25, 0.3) is 0 Å². The topological polar surface area (TPSA) is 38.8 Å². The van der Waals surface area contributed by atoms with Crippen LogP contribution < -0.4 is 9.47 Å². The Bertz CT molecular complexity index is 859. The van der Waals surface area contributed by atoms with Crippen molar-refractivity contribution in [2.24, 2.45) is 0 Å². The number of likely N-dealkylation sites (tertiary alicyclic amines) is 1. The van der Waals surface area contributed by atoms with Gasteiger partial charge in [-0.05, 0) is 81.2 Å². The lowest BCUT2D eigenvalue weighted by Crippen LogP contribution is -2.30. The molecular formula is C25H30ClNO3. The van der Waals surface area contributed by atoms with E-state index in [2.05, 4.69) is 4.90 Å². The molecule has 0 radical (unpaired) electrons. The predicted octanol–water partition coefficient (Wildman–Crippen LogP) is 5.89. The molecule has 3 rings (SSSR count). The number of carbonyl (C=O) groups is 1. The molecule has 1 heterocycles. The third kappa shape index (κ3) is 6.61. The zero-order valence-corrected chi connectivity index (χ0v) is 18.4. The number of carbonyl (C=O) groups excluding carboxylic acids is 1. The van der Waals surface area contributed by atoms with Crippen molar-refractivity contribution < 1.29 is 14.3 Å². The van der Waals surface area contributed by atoms with E-state index >= 15 is 0 Å². The summed E-state index contributed by atoms with van der Waals surface area (Å²) in [5, 5.41) is 0.612. The highest BCUT2D eigenvalue weighted by Crippen LogP contribution is 2.26. The van der Waals surface area contributed by atoms with Gasteiger partial charge in [-0.2, -0.15) is 0 Å². The normalized spacial score (nSPS) is 14.7. The Morgan fingerprint density at radius 1 is 1.10 bits per heavy atom. The number of nitrogens with zero attached hydrogens (tertiary/aromatic N) is 1. The third-order valence-electron chi connectivity index (χ3n) is 5.35. The van der Waals surface area contributed by atoms with Crippen LogP contribution in [0.3, 0.4) is 0 Å². The molecule has 5 heteroatoms. The van der Waals surface area contributed by atoms with Gasteiger partial charge in [0.1, 0.15) is 11.5 Å². The van der Waals surface area contributed by atoms with E-state index in [-0.39, 0.29) is 5.78 Å². The molecular weight excluding hydrogens is 398 g/mol. The van der Waals surface area contributed by atoms with Crippen molar-refractivity contribution in [3.8, 4) is 11.5 Å². The van der Waals surface area contributed by atoms with Crippen LogP contribution in [-0.4, -0.2) is 44.0 Å². The molecule has 4 nitrogen and oxygen atoms in total. The fourth-order valence-electron chi connectivity index (χ4n) is 3.62. The summed E-state index contributed by atoms with van der Waals surface area (Å²) in [6.07, 6.45) is 9.30. The standard InChI is InChI=1S/C25H30ClNO3/c1-29-21-12-13-22(24(28)14-11-20-9-3-4-10-23(20)26)25(19-21)30-18-8-7-17-27-15-5-2-6-16-27/h3-4,9-14,19H,2,5-8,15-18H2,1H3. The summed E-state index contributed by atoms with van der Waals surface area (Å²) < 4.78 is 11.3. The summed E-state index contributed by atoms with van der Waals surface area (Å²) in [6.45, 7) is 4.13. The van der Waals surface area contributed by atoms with E-state index in [9.17, 15) is 4.79 Å². The summed E-state index contributed by atoms with van der Waals surface area (Å²) >= 11 is 6.17. The number of allylic oxidation sites excluding steroid dienone is 1. The fourth-order valence-corrected chi connectivity index (χ4v) is 3.82. The number of unbranched alkanes of at least 4 members (excludes halogenated alkanes) is 1. The molecule has 0 N–H and O–H groups in total. The number of benzene rings is 2. The lowest BCUT2D eigenvalue weighted by molar-refractivity contribution is 0.104. The van der Waals surface area contributed by atoms with Gasteiger partial charge in [0, 0.05) is 11.1 Å². The van der Waals surface area contributed by atoms with Gasteiger partial charge in [0.2, 0.25) is 0 Å². The van der Waals surface area contributed by atoms with Crippen LogP contribution in [-0.2, 0) is 0 Å². The van der Waals surface area contributed by atoms with Crippen molar-refractivity contribution in [1.29, 1.82) is 0 Å². The molecule has 0 amide bonds. The number of rotatable bonds is 10. The van der Waals surface area contributed by atoms with Crippen molar-refractivity contribution >= 4 is 23.5 Å². The van der Waals surface area contributed by atoms with Crippen LogP contribution in [0, 0.1) is 0 Å². The lowest BCUT2D eigenvalue weighted by atomic mass is 10.1. The van der Waals surface area contributed by atoms with E-state index in [4.69, 9.17) is 21.1 Å². The molecule has 1 fully saturated rings. The predicted molar refractivity (Wildman–Crippen MR) is 123 cm³/mol. The minimum absolute atomic E-state index is 0.124. The van der Waals surface area contributed by atoms with Gasteiger partial charge in [0.15, 0.2) is 5.78 Å². The van der Waals surface area contributed by atoms with Crippen LogP contribution in [0.5, 0.6) is 11.5 Å². The number of ether oxygens (including phenoxy) is 2. The van der Waals surface area contributed by atoms with E-state index in [1.807, 2.05) is 18.2 Å². The van der Waals surface area contributed by atoms with Crippen molar-refractivity contribution in [2.75, 3.05) is 33.4 Å². The smallest absolute Gasteiger partial charge is 0.189 e. The molecule has 0 aromatic heterocycles. The molecule has 30 heavy (non-hydrogen) atoms. The van der Waals surface area contributed by atoms with E-state index in [0.29, 0.717) is 28.7 Å². The van der Waals surface area contributed by atoms with Crippen LogP contribution in [0.4, 0.5) is 0 Å². The summed E-state index contributed by atoms with van der Waals surface area (Å²) in [5.74, 6) is 1.10. The molecule has 2 aromatic carbocycles. The Hall–Kier alpha value is -2.30. The van der Waals surface area contributed by atoms with Crippen molar-refractivity contribution in [3.63, 3.8) is 0 Å². The Balaban J connectivity index is 1.59. The quantitative estimate of drug-likeness (QED) is 0.269. The van der Waals surface area contributed by atoms with Crippen LogP contribution in [0.15, 0.2) is 48.5 Å². The van der Waals surface area contributed by atoms with Crippen molar-refractivity contribution in [3.05, 3.63) is 64.7 Å². The molecule has 0 unspecified atom stereocenters. The van der Waals surface area contributed by atoms with E-state index in [0.717, 1.165) is 24.9 Å². The number of piperidine rings is 1. The second kappa shape index (κ2) is 11.8. The first-order valence-electron chi connectivity index (χ1n) is 10.7. The number of hydrogen-bond acceptors (Lipinski definition) is 4. The van der Waals surface area contributed by atoms with Gasteiger partial charge in [0.05, 0.1) is 19.3 Å². The largest absolute Gasteiger partial charge is 0.497 e. The maximum atomic E-state index is 12.8. The Kier molecular flexibility index (Phi) is 8.79. The van der Waals surface area contributed by atoms with E-state index in [1.165, 1.54) is 38.4 Å². The van der Waals surface area contributed by atoms with Gasteiger partial charge >= 0.3 is 0 Å². The zero-order valence-electron chi connectivity index (χ0n) is 17.6. The molecule has 1 aliphatic heterocycles. The zero-order chi connectivity index (χ0) is 21.2. The molecule has 0 aliphatic carbocycles. The van der Waals surface area contributed by atoms with Gasteiger partial charge < -0.3 is 14.4 Å². The van der Waals surface area contributed by atoms with E-state index in [1.54, 1.807) is 37.5 Å². The molecule has 0 bridgehead atoms. The maximum absolute atomic E-state index is 12.8. The average Bonchev–Trinajstić information content (AvgIpc) is 2.78. The van der Waals surface area contributed by atoms with Crippen LogP contribution in [0.2, 0.25) is 5.02 Å². The van der Waals surface area contributed by atoms with E-state index < -0.39 is 0 Å². The Labute approximate surface area is 184 Å². The second-order valence-corrected chi connectivity index (χ2v) is 7.95. The minimum Gasteiger partial charge on any atom is -0.497 e. The summed E-state index contributed by atoms with van der Waals surface area (Å²) in [6, 6.07) is 12.7. The molecule has 0 spiro atoms. The summed E-state index contributed by atoms with van der Waals surface area (Å²) in [5.41, 5.74) is 1.33. The average molecular weight is 428 g/mol. The first kappa shape index (κ1) is 22.4. The molecule has 160 valence electrons. The first-order chi connectivity index (χ1) is 14.7.